The van der Waals surface area contributed by atoms with Gasteiger partial charge < -0.3 is 4.57 Å². The van der Waals surface area contributed by atoms with E-state index >= 15 is 0 Å². The summed E-state index contributed by atoms with van der Waals surface area (Å²) in [7, 11) is 0. The van der Waals surface area contributed by atoms with Crippen molar-refractivity contribution in [2.24, 2.45) is 0 Å². The van der Waals surface area contributed by atoms with Gasteiger partial charge in [-0.1, -0.05) is 133 Å². The fourth-order valence-corrected chi connectivity index (χ4v) is 8.54. The molecule has 0 aliphatic carbocycles. The number of thiophene rings is 1. The van der Waals surface area contributed by atoms with Crippen LogP contribution in [0.4, 0.5) is 0 Å². The molecule has 0 unspecified atom stereocenters. The average Bonchev–Trinajstić information content (AvgIpc) is 3.72. The summed E-state index contributed by atoms with van der Waals surface area (Å²) in [4.78, 5) is 10.3. The molecule has 224 valence electrons. The third kappa shape index (κ3) is 4.13. The number of aromatic nitrogens is 3. The molecule has 0 atom stereocenters. The molecule has 0 saturated heterocycles. The summed E-state index contributed by atoms with van der Waals surface area (Å²) in [5.74, 6) is 0.703. The largest absolute Gasteiger partial charge is 0.309 e. The molecule has 0 radical (unpaired) electrons. The van der Waals surface area contributed by atoms with E-state index in [9.17, 15) is 0 Å². The first kappa shape index (κ1) is 27.1. The Bertz CT molecular complexity index is 2770. The van der Waals surface area contributed by atoms with Crippen molar-refractivity contribution >= 4 is 64.1 Å². The molecule has 3 heterocycles. The van der Waals surface area contributed by atoms with E-state index in [1.807, 2.05) is 23.5 Å². The van der Waals surface area contributed by atoms with Crippen LogP contribution < -0.4 is 0 Å². The lowest BCUT2D eigenvalue weighted by Gasteiger charge is -2.13. The van der Waals surface area contributed by atoms with Crippen molar-refractivity contribution in [3.8, 4) is 39.6 Å². The maximum absolute atomic E-state index is 5.14. The number of rotatable bonds is 4. The van der Waals surface area contributed by atoms with Crippen LogP contribution in [0.25, 0.3) is 92.3 Å². The lowest BCUT2D eigenvalue weighted by Crippen LogP contribution is -1.98. The summed E-state index contributed by atoms with van der Waals surface area (Å²) in [5, 5.41) is 7.76. The van der Waals surface area contributed by atoms with E-state index in [0.717, 1.165) is 33.8 Å². The molecule has 0 bridgehead atoms. The smallest absolute Gasteiger partial charge is 0.160 e. The lowest BCUT2D eigenvalue weighted by molar-refractivity contribution is 1.16. The highest BCUT2D eigenvalue weighted by Crippen LogP contribution is 2.48. The van der Waals surface area contributed by atoms with Crippen LogP contribution in [0.2, 0.25) is 0 Å². The van der Waals surface area contributed by atoms with Gasteiger partial charge in [-0.05, 0) is 35.7 Å². The Labute approximate surface area is 281 Å². The van der Waals surface area contributed by atoms with E-state index in [0.29, 0.717) is 5.82 Å². The van der Waals surface area contributed by atoms with Crippen LogP contribution in [-0.4, -0.2) is 14.5 Å². The maximum atomic E-state index is 5.14. The number of hydrogen-bond donors (Lipinski definition) is 0. The Morgan fingerprint density at radius 2 is 1.02 bits per heavy atom. The van der Waals surface area contributed by atoms with Crippen LogP contribution >= 0.6 is 11.3 Å². The second-order valence-electron chi connectivity index (χ2n) is 12.2. The second kappa shape index (κ2) is 10.7. The SMILES string of the molecule is c1ccc(-c2cc(-c3ccccc3)nc(-c3cccc(-n4c5ccccc5c5c6sc7ccccc7c6c6ccccc6c54)c3)n2)cc1. The molecule has 0 fully saturated rings. The molecule has 3 aromatic heterocycles. The van der Waals surface area contributed by atoms with E-state index in [1.54, 1.807) is 0 Å². The molecule has 7 aromatic carbocycles. The fourth-order valence-electron chi connectivity index (χ4n) is 7.26. The van der Waals surface area contributed by atoms with E-state index in [-0.39, 0.29) is 0 Å². The second-order valence-corrected chi connectivity index (χ2v) is 13.2. The third-order valence-electron chi connectivity index (χ3n) is 9.38. The minimum Gasteiger partial charge on any atom is -0.309 e. The molecule has 10 rings (SSSR count). The van der Waals surface area contributed by atoms with Crippen LogP contribution in [0, 0.1) is 0 Å². The molecule has 0 saturated carbocycles. The Morgan fingerprint density at radius 3 is 1.75 bits per heavy atom. The first-order valence-electron chi connectivity index (χ1n) is 16.2. The van der Waals surface area contributed by atoms with E-state index in [4.69, 9.17) is 9.97 Å². The molecule has 3 nitrogen and oxygen atoms in total. The fraction of sp³-hybridized carbons (Fsp3) is 0. The van der Waals surface area contributed by atoms with Gasteiger partial charge in [-0.15, -0.1) is 11.3 Å². The van der Waals surface area contributed by atoms with E-state index in [1.165, 1.54) is 52.8 Å². The summed E-state index contributed by atoms with van der Waals surface area (Å²) in [6.07, 6.45) is 0. The van der Waals surface area contributed by atoms with Crippen LogP contribution in [0.15, 0.2) is 164 Å². The Kier molecular flexibility index (Phi) is 6.05. The predicted octanol–water partition coefficient (Wildman–Crippen LogP) is 12.1. The molecule has 10 aromatic rings. The van der Waals surface area contributed by atoms with Crippen molar-refractivity contribution in [3.05, 3.63) is 164 Å². The summed E-state index contributed by atoms with van der Waals surface area (Å²) >= 11 is 1.90. The monoisotopic (exact) mass is 629 g/mol. The van der Waals surface area contributed by atoms with Gasteiger partial charge in [0.15, 0.2) is 5.82 Å². The minimum absolute atomic E-state index is 0.703. The molecular weight excluding hydrogens is 603 g/mol. The highest BCUT2D eigenvalue weighted by atomic mass is 32.1. The first-order valence-corrected chi connectivity index (χ1v) is 17.0. The molecule has 0 N–H and O–H groups in total. The molecular formula is C44H27N3S. The van der Waals surface area contributed by atoms with Crippen molar-refractivity contribution in [1.29, 1.82) is 0 Å². The summed E-state index contributed by atoms with van der Waals surface area (Å²) < 4.78 is 5.09. The summed E-state index contributed by atoms with van der Waals surface area (Å²) in [6.45, 7) is 0. The number of benzene rings is 7. The number of hydrogen-bond acceptors (Lipinski definition) is 3. The Hall–Kier alpha value is -6.10. The molecule has 0 amide bonds. The summed E-state index contributed by atoms with van der Waals surface area (Å²) in [5.41, 5.74) is 8.40. The zero-order chi connectivity index (χ0) is 31.6. The van der Waals surface area contributed by atoms with Gasteiger partial charge in [-0.3, -0.25) is 0 Å². The van der Waals surface area contributed by atoms with Gasteiger partial charge in [-0.2, -0.15) is 0 Å². The Morgan fingerprint density at radius 1 is 0.438 bits per heavy atom. The number of fused-ring (bicyclic) bond motifs is 10. The molecule has 0 spiro atoms. The van der Waals surface area contributed by atoms with Gasteiger partial charge in [0.05, 0.1) is 22.4 Å². The molecule has 4 heteroatoms. The van der Waals surface area contributed by atoms with Crippen LogP contribution in [0.5, 0.6) is 0 Å². The highest BCUT2D eigenvalue weighted by molar-refractivity contribution is 7.27. The van der Waals surface area contributed by atoms with Crippen molar-refractivity contribution in [2.45, 2.75) is 0 Å². The maximum Gasteiger partial charge on any atom is 0.160 e. The summed E-state index contributed by atoms with van der Waals surface area (Å²) in [6, 6.07) is 58.0. The normalized spacial score (nSPS) is 11.8. The predicted molar refractivity (Wildman–Crippen MR) is 203 cm³/mol. The Balaban J connectivity index is 1.27. The minimum atomic E-state index is 0.703. The number of nitrogens with zero attached hydrogens (tertiary/aromatic N) is 3. The number of para-hydroxylation sites is 1. The lowest BCUT2D eigenvalue weighted by atomic mass is 9.99. The zero-order valence-corrected chi connectivity index (χ0v) is 26.7. The van der Waals surface area contributed by atoms with Crippen LogP contribution in [0.3, 0.4) is 0 Å². The van der Waals surface area contributed by atoms with Gasteiger partial charge in [-0.25, -0.2) is 9.97 Å². The average molecular weight is 630 g/mol. The van der Waals surface area contributed by atoms with Crippen molar-refractivity contribution in [2.75, 3.05) is 0 Å². The van der Waals surface area contributed by atoms with Crippen molar-refractivity contribution in [3.63, 3.8) is 0 Å². The van der Waals surface area contributed by atoms with Gasteiger partial charge in [0.1, 0.15) is 0 Å². The standard InChI is InChI=1S/C44H27N3S/c1-3-14-28(15-4-1)36-27-37(29-16-5-2-6-17-29)46-44(45-36)30-18-13-19-31(26-30)47-38-24-11-9-22-34(38)41-42(47)33-21-8-7-20-32(33)40-35-23-10-12-25-39(35)48-43(40)41/h1-27H. The zero-order valence-electron chi connectivity index (χ0n) is 25.8. The van der Waals surface area contributed by atoms with Crippen LogP contribution in [-0.2, 0) is 0 Å². The van der Waals surface area contributed by atoms with Gasteiger partial charge in [0.25, 0.3) is 0 Å². The quantitative estimate of drug-likeness (QED) is 0.194. The first-order chi connectivity index (χ1) is 23.8. The van der Waals surface area contributed by atoms with E-state index in [2.05, 4.69) is 156 Å². The van der Waals surface area contributed by atoms with E-state index < -0.39 is 0 Å². The van der Waals surface area contributed by atoms with Gasteiger partial charge >= 0.3 is 0 Å². The molecule has 0 aliphatic rings. The van der Waals surface area contributed by atoms with Crippen molar-refractivity contribution in [1.82, 2.24) is 14.5 Å². The molecule has 0 aliphatic heterocycles. The van der Waals surface area contributed by atoms with Crippen LogP contribution in [0.1, 0.15) is 0 Å². The third-order valence-corrected chi connectivity index (χ3v) is 10.6. The highest BCUT2D eigenvalue weighted by Gasteiger charge is 2.22. The topological polar surface area (TPSA) is 30.7 Å². The molecule has 48 heavy (non-hydrogen) atoms. The van der Waals surface area contributed by atoms with Gasteiger partial charge in [0, 0.05) is 58.7 Å². The van der Waals surface area contributed by atoms with Gasteiger partial charge in [0.2, 0.25) is 0 Å². The van der Waals surface area contributed by atoms with Crippen molar-refractivity contribution < 1.29 is 0 Å².